The van der Waals surface area contributed by atoms with Crippen LogP contribution in [0.2, 0.25) is 0 Å². The first-order valence-electron chi connectivity index (χ1n) is 8.30. The van der Waals surface area contributed by atoms with E-state index in [4.69, 9.17) is 0 Å². The van der Waals surface area contributed by atoms with Gasteiger partial charge in [0.05, 0.1) is 22.3 Å². The van der Waals surface area contributed by atoms with Gasteiger partial charge in [-0.3, -0.25) is 4.79 Å². The number of rotatable bonds is 5. The van der Waals surface area contributed by atoms with Crippen LogP contribution in [0.25, 0.3) is 0 Å². The van der Waals surface area contributed by atoms with Gasteiger partial charge in [-0.2, -0.15) is 4.31 Å². The van der Waals surface area contributed by atoms with Gasteiger partial charge in [0.1, 0.15) is 0 Å². The van der Waals surface area contributed by atoms with Crippen LogP contribution in [-0.2, 0) is 31.4 Å². The number of nitrogens with zero attached hydrogens (tertiary/aromatic N) is 2. The van der Waals surface area contributed by atoms with Crippen molar-refractivity contribution >= 4 is 31.6 Å². The number of carbonyl (C=O) groups excluding carboxylic acids is 1. The standard InChI is InChI=1S/C18H20N2O5S2/c1-14-13-26(22,23)20(18(14)21)16-8-10-17(11-9-16)27(24,25)19(2)12-15-6-4-3-5-7-15/h3-11,14H,12-13H2,1-2H3/t14-/m1/s1. The molecule has 0 aliphatic carbocycles. The van der Waals surface area contributed by atoms with E-state index in [-0.39, 0.29) is 22.9 Å². The summed E-state index contributed by atoms with van der Waals surface area (Å²) in [6.45, 7) is 1.76. The fraction of sp³-hybridized carbons (Fsp3) is 0.278. The van der Waals surface area contributed by atoms with E-state index in [2.05, 4.69) is 0 Å². The molecule has 0 bridgehead atoms. The minimum atomic E-state index is -3.75. The van der Waals surface area contributed by atoms with Crippen LogP contribution < -0.4 is 4.31 Å². The van der Waals surface area contributed by atoms with Crippen molar-refractivity contribution in [3.05, 3.63) is 60.2 Å². The molecular formula is C18H20N2O5S2. The Morgan fingerprint density at radius 2 is 1.67 bits per heavy atom. The van der Waals surface area contributed by atoms with E-state index in [0.717, 1.165) is 9.87 Å². The zero-order valence-corrected chi connectivity index (χ0v) is 16.6. The number of carbonyl (C=O) groups is 1. The molecule has 7 nitrogen and oxygen atoms in total. The molecule has 0 spiro atoms. The number of anilines is 1. The lowest BCUT2D eigenvalue weighted by molar-refractivity contribution is -0.119. The average molecular weight is 409 g/mol. The van der Waals surface area contributed by atoms with Crippen LogP contribution in [0, 0.1) is 5.92 Å². The van der Waals surface area contributed by atoms with Gasteiger partial charge in [0, 0.05) is 13.6 Å². The van der Waals surface area contributed by atoms with Crippen molar-refractivity contribution in [2.45, 2.75) is 18.4 Å². The topological polar surface area (TPSA) is 91.8 Å². The normalized spacial score (nSPS) is 19.6. The van der Waals surface area contributed by atoms with Gasteiger partial charge in [-0.05, 0) is 29.8 Å². The van der Waals surface area contributed by atoms with Crippen molar-refractivity contribution in [3.63, 3.8) is 0 Å². The smallest absolute Gasteiger partial charge is 0.244 e. The quantitative estimate of drug-likeness (QED) is 0.753. The van der Waals surface area contributed by atoms with Gasteiger partial charge < -0.3 is 0 Å². The first kappa shape index (κ1) is 19.5. The van der Waals surface area contributed by atoms with Gasteiger partial charge in [0.2, 0.25) is 26.0 Å². The molecule has 1 amide bonds. The zero-order chi connectivity index (χ0) is 19.8. The molecule has 1 aliphatic heterocycles. The molecule has 1 aliphatic rings. The molecule has 1 fully saturated rings. The second kappa shape index (κ2) is 7.06. The van der Waals surface area contributed by atoms with Gasteiger partial charge in [-0.25, -0.2) is 21.1 Å². The van der Waals surface area contributed by atoms with Crippen molar-refractivity contribution in [3.8, 4) is 0 Å². The largest absolute Gasteiger partial charge is 0.273 e. The third kappa shape index (κ3) is 3.76. The Bertz CT molecular complexity index is 1050. The Morgan fingerprint density at radius 1 is 1.07 bits per heavy atom. The number of hydrogen-bond acceptors (Lipinski definition) is 5. The lowest BCUT2D eigenvalue weighted by atomic mass is 10.2. The van der Waals surface area contributed by atoms with E-state index < -0.39 is 31.9 Å². The Hall–Kier alpha value is -2.23. The summed E-state index contributed by atoms with van der Waals surface area (Å²) in [6, 6.07) is 14.5. The average Bonchev–Trinajstić information content (AvgIpc) is 2.83. The molecule has 0 N–H and O–H groups in total. The fourth-order valence-corrected chi connectivity index (χ4v) is 5.93. The van der Waals surface area contributed by atoms with Gasteiger partial charge in [0.25, 0.3) is 0 Å². The summed E-state index contributed by atoms with van der Waals surface area (Å²) >= 11 is 0. The first-order valence-corrected chi connectivity index (χ1v) is 11.3. The highest BCUT2D eigenvalue weighted by Crippen LogP contribution is 2.29. The maximum atomic E-state index is 12.7. The first-order chi connectivity index (χ1) is 12.6. The summed E-state index contributed by atoms with van der Waals surface area (Å²) in [5, 5.41) is 0. The van der Waals surface area contributed by atoms with Gasteiger partial charge in [0.15, 0.2) is 0 Å². The second-order valence-corrected chi connectivity index (χ2v) is 10.4. The third-order valence-corrected chi connectivity index (χ3v) is 8.07. The van der Waals surface area contributed by atoms with Crippen molar-refractivity contribution in [1.82, 2.24) is 4.31 Å². The summed E-state index contributed by atoms with van der Waals surface area (Å²) in [6.07, 6.45) is 0. The second-order valence-electron chi connectivity index (χ2n) is 6.52. The fourth-order valence-electron chi connectivity index (χ4n) is 2.95. The maximum absolute atomic E-state index is 12.7. The molecule has 1 saturated heterocycles. The van der Waals surface area contributed by atoms with Crippen LogP contribution in [0.1, 0.15) is 12.5 Å². The number of benzene rings is 2. The highest BCUT2D eigenvalue weighted by Gasteiger charge is 2.42. The molecule has 1 heterocycles. The molecule has 2 aromatic rings. The van der Waals surface area contributed by atoms with E-state index in [1.54, 1.807) is 6.92 Å². The van der Waals surface area contributed by atoms with Gasteiger partial charge in [-0.15, -0.1) is 0 Å². The van der Waals surface area contributed by atoms with Crippen LogP contribution in [-0.4, -0.2) is 39.8 Å². The van der Waals surface area contributed by atoms with Crippen molar-refractivity contribution < 1.29 is 21.6 Å². The van der Waals surface area contributed by atoms with Gasteiger partial charge >= 0.3 is 0 Å². The summed E-state index contributed by atoms with van der Waals surface area (Å²) in [7, 11) is -5.99. The van der Waals surface area contributed by atoms with Crippen LogP contribution in [0.4, 0.5) is 5.69 Å². The number of amides is 1. The van der Waals surface area contributed by atoms with E-state index in [0.29, 0.717) is 0 Å². The van der Waals surface area contributed by atoms with Gasteiger partial charge in [-0.1, -0.05) is 37.3 Å². The summed E-state index contributed by atoms with van der Waals surface area (Å²) < 4.78 is 51.8. The lowest BCUT2D eigenvalue weighted by Crippen LogP contribution is -2.30. The summed E-state index contributed by atoms with van der Waals surface area (Å²) in [4.78, 5) is 12.2. The molecule has 0 unspecified atom stereocenters. The molecular weight excluding hydrogens is 388 g/mol. The summed E-state index contributed by atoms with van der Waals surface area (Å²) in [5.74, 6) is -1.37. The highest BCUT2D eigenvalue weighted by molar-refractivity contribution is 7.94. The van der Waals surface area contributed by atoms with Crippen LogP contribution in [0.5, 0.6) is 0 Å². The molecule has 9 heteroatoms. The molecule has 144 valence electrons. The Kier molecular flexibility index (Phi) is 5.11. The molecule has 27 heavy (non-hydrogen) atoms. The lowest BCUT2D eigenvalue weighted by Gasteiger charge is -2.19. The Morgan fingerprint density at radius 3 is 2.19 bits per heavy atom. The SMILES string of the molecule is C[C@@H]1CS(=O)(=O)N(c2ccc(S(=O)(=O)N(C)Cc3ccccc3)cc2)C1=O. The third-order valence-electron chi connectivity index (χ3n) is 4.39. The molecule has 2 aromatic carbocycles. The molecule has 0 saturated carbocycles. The van der Waals surface area contributed by atoms with E-state index in [1.807, 2.05) is 30.3 Å². The van der Waals surface area contributed by atoms with Crippen molar-refractivity contribution in [2.75, 3.05) is 17.1 Å². The van der Waals surface area contributed by atoms with Crippen LogP contribution in [0.15, 0.2) is 59.5 Å². The summed E-state index contributed by atoms with van der Waals surface area (Å²) in [5.41, 5.74) is 0.997. The minimum absolute atomic E-state index is 0.0294. The zero-order valence-electron chi connectivity index (χ0n) is 14.9. The maximum Gasteiger partial charge on any atom is 0.244 e. The highest BCUT2D eigenvalue weighted by atomic mass is 32.2. The molecule has 3 rings (SSSR count). The number of sulfonamides is 2. The van der Waals surface area contributed by atoms with Crippen molar-refractivity contribution in [2.24, 2.45) is 5.92 Å². The van der Waals surface area contributed by atoms with E-state index in [1.165, 1.54) is 35.6 Å². The predicted octanol–water partition coefficient (Wildman–Crippen LogP) is 1.82. The molecule has 1 atom stereocenters. The minimum Gasteiger partial charge on any atom is -0.273 e. The molecule has 0 aromatic heterocycles. The van der Waals surface area contributed by atoms with E-state index in [9.17, 15) is 21.6 Å². The Balaban J connectivity index is 1.85. The Labute approximate surface area is 159 Å². The van der Waals surface area contributed by atoms with Crippen molar-refractivity contribution in [1.29, 1.82) is 0 Å². The monoisotopic (exact) mass is 408 g/mol. The van der Waals surface area contributed by atoms with E-state index >= 15 is 0 Å². The predicted molar refractivity (Wildman–Crippen MR) is 102 cm³/mol. The number of hydrogen-bond donors (Lipinski definition) is 0. The molecule has 0 radical (unpaired) electrons. The van der Waals surface area contributed by atoms with Crippen LogP contribution in [0.3, 0.4) is 0 Å². The van der Waals surface area contributed by atoms with Crippen LogP contribution >= 0.6 is 0 Å².